The Balaban J connectivity index is 2.86. The number of nitrogens with one attached hydrogen (secondary N) is 1. The molecule has 0 heterocycles. The van der Waals surface area contributed by atoms with E-state index < -0.39 is 5.97 Å². The second-order valence-electron chi connectivity index (χ2n) is 4.73. The molecular weight excluding hydrogens is 369 g/mol. The van der Waals surface area contributed by atoms with Crippen molar-refractivity contribution in [3.05, 3.63) is 27.3 Å². The number of rotatable bonds is 7. The van der Waals surface area contributed by atoms with Gasteiger partial charge in [-0.25, -0.2) is 4.79 Å². The van der Waals surface area contributed by atoms with E-state index in [1.807, 2.05) is 6.92 Å². The van der Waals surface area contributed by atoms with Crippen LogP contribution in [-0.4, -0.2) is 17.0 Å². The third-order valence-corrected chi connectivity index (χ3v) is 3.91. The minimum Gasteiger partial charge on any atom is -0.478 e. The van der Waals surface area contributed by atoms with E-state index in [0.29, 0.717) is 5.69 Å². The van der Waals surface area contributed by atoms with Crippen molar-refractivity contribution in [1.29, 1.82) is 0 Å². The number of aromatic carboxylic acids is 1. The van der Waals surface area contributed by atoms with E-state index in [1.54, 1.807) is 18.2 Å². The summed E-state index contributed by atoms with van der Waals surface area (Å²) in [4.78, 5) is 23.4. The molecule has 4 nitrogen and oxygen atoms in total. The molecule has 0 aliphatic rings. The number of amides is 1. The highest BCUT2D eigenvalue weighted by Crippen LogP contribution is 2.21. The van der Waals surface area contributed by atoms with E-state index >= 15 is 0 Å². The van der Waals surface area contributed by atoms with Gasteiger partial charge in [0.15, 0.2) is 0 Å². The Kier molecular flexibility index (Phi) is 6.98. The van der Waals surface area contributed by atoms with Crippen LogP contribution in [0.1, 0.15) is 49.9 Å². The standard InChI is InChI=1S/C15H20INO3/c1-3-5-6-10(4-2)14(18)17-13-8-7-11(16)9-12(13)15(19)20/h7-10H,3-6H2,1-2H3,(H,17,18)(H,19,20). The lowest BCUT2D eigenvalue weighted by atomic mass is 9.98. The quantitative estimate of drug-likeness (QED) is 0.689. The Morgan fingerprint density at radius 2 is 2.05 bits per heavy atom. The number of carbonyl (C=O) groups is 2. The van der Waals surface area contributed by atoms with E-state index in [2.05, 4.69) is 34.8 Å². The molecule has 20 heavy (non-hydrogen) atoms. The monoisotopic (exact) mass is 389 g/mol. The van der Waals surface area contributed by atoms with Crippen LogP contribution in [0.4, 0.5) is 5.69 Å². The fourth-order valence-electron chi connectivity index (χ4n) is 2.01. The van der Waals surface area contributed by atoms with Gasteiger partial charge < -0.3 is 10.4 Å². The van der Waals surface area contributed by atoms with Gasteiger partial charge in [-0.2, -0.15) is 0 Å². The number of carboxylic acids is 1. The number of carboxylic acid groups (broad SMARTS) is 1. The summed E-state index contributed by atoms with van der Waals surface area (Å²) in [5.74, 6) is -1.18. The van der Waals surface area contributed by atoms with Crippen LogP contribution < -0.4 is 5.32 Å². The number of carbonyl (C=O) groups excluding carboxylic acids is 1. The fourth-order valence-corrected chi connectivity index (χ4v) is 2.50. The van der Waals surface area contributed by atoms with Crippen LogP contribution in [0, 0.1) is 9.49 Å². The molecule has 1 rings (SSSR count). The molecule has 0 fully saturated rings. The molecule has 0 aliphatic carbocycles. The molecular formula is C15H20INO3. The predicted octanol–water partition coefficient (Wildman–Crippen LogP) is 4.14. The highest BCUT2D eigenvalue weighted by Gasteiger charge is 2.19. The molecule has 5 heteroatoms. The average Bonchev–Trinajstić information content (AvgIpc) is 2.41. The maximum Gasteiger partial charge on any atom is 0.337 e. The van der Waals surface area contributed by atoms with E-state index in [1.165, 1.54) is 0 Å². The summed E-state index contributed by atoms with van der Waals surface area (Å²) in [7, 11) is 0. The lowest BCUT2D eigenvalue weighted by Gasteiger charge is -2.16. The molecule has 0 spiro atoms. The van der Waals surface area contributed by atoms with Crippen LogP contribution >= 0.6 is 22.6 Å². The van der Waals surface area contributed by atoms with Crippen LogP contribution in [-0.2, 0) is 4.79 Å². The van der Waals surface area contributed by atoms with Crippen LogP contribution in [0.2, 0.25) is 0 Å². The third-order valence-electron chi connectivity index (χ3n) is 3.24. The summed E-state index contributed by atoms with van der Waals surface area (Å²) in [6.07, 6.45) is 3.66. The largest absolute Gasteiger partial charge is 0.478 e. The van der Waals surface area contributed by atoms with E-state index in [4.69, 9.17) is 0 Å². The highest BCUT2D eigenvalue weighted by molar-refractivity contribution is 14.1. The van der Waals surface area contributed by atoms with Crippen molar-refractivity contribution in [2.45, 2.75) is 39.5 Å². The van der Waals surface area contributed by atoms with Gasteiger partial charge >= 0.3 is 5.97 Å². The van der Waals surface area contributed by atoms with Gasteiger partial charge in [-0.05, 0) is 53.6 Å². The van der Waals surface area contributed by atoms with Gasteiger partial charge in [0.25, 0.3) is 0 Å². The number of hydrogen-bond donors (Lipinski definition) is 2. The smallest absolute Gasteiger partial charge is 0.337 e. The number of halogens is 1. The predicted molar refractivity (Wildman–Crippen MR) is 88.1 cm³/mol. The molecule has 0 saturated heterocycles. The second-order valence-corrected chi connectivity index (χ2v) is 5.98. The Morgan fingerprint density at radius 1 is 1.35 bits per heavy atom. The van der Waals surface area contributed by atoms with Crippen molar-refractivity contribution in [1.82, 2.24) is 0 Å². The van der Waals surface area contributed by atoms with E-state index in [9.17, 15) is 14.7 Å². The topological polar surface area (TPSA) is 66.4 Å². The zero-order valence-electron chi connectivity index (χ0n) is 11.8. The molecule has 1 atom stereocenters. The first kappa shape index (κ1) is 16.9. The molecule has 110 valence electrons. The van der Waals surface area contributed by atoms with Gasteiger partial charge in [0.2, 0.25) is 5.91 Å². The van der Waals surface area contributed by atoms with Crippen molar-refractivity contribution in [2.24, 2.45) is 5.92 Å². The molecule has 0 saturated carbocycles. The lowest BCUT2D eigenvalue weighted by Crippen LogP contribution is -2.23. The first-order valence-electron chi connectivity index (χ1n) is 6.83. The minimum atomic E-state index is -1.03. The first-order valence-corrected chi connectivity index (χ1v) is 7.91. The fraction of sp³-hybridized carbons (Fsp3) is 0.467. The normalized spacial score (nSPS) is 11.9. The number of anilines is 1. The van der Waals surface area contributed by atoms with Gasteiger partial charge in [0, 0.05) is 9.49 Å². The SMILES string of the molecule is CCCCC(CC)C(=O)Nc1ccc(I)cc1C(=O)O. The van der Waals surface area contributed by atoms with Crippen LogP contribution in [0.5, 0.6) is 0 Å². The molecule has 1 amide bonds. The number of hydrogen-bond acceptors (Lipinski definition) is 2. The number of unbranched alkanes of at least 4 members (excludes halogenated alkanes) is 1. The highest BCUT2D eigenvalue weighted by atomic mass is 127. The maximum atomic E-state index is 12.2. The van der Waals surface area contributed by atoms with Crippen molar-refractivity contribution in [2.75, 3.05) is 5.32 Å². The van der Waals surface area contributed by atoms with Crippen LogP contribution in [0.25, 0.3) is 0 Å². The van der Waals surface area contributed by atoms with Crippen LogP contribution in [0.3, 0.4) is 0 Å². The molecule has 1 aromatic rings. The van der Waals surface area contributed by atoms with Crippen molar-refractivity contribution in [3.8, 4) is 0 Å². The zero-order chi connectivity index (χ0) is 15.1. The third kappa shape index (κ3) is 4.77. The Labute approximate surface area is 133 Å². The van der Waals surface area contributed by atoms with Gasteiger partial charge in [0.1, 0.15) is 0 Å². The summed E-state index contributed by atoms with van der Waals surface area (Å²) in [5, 5.41) is 11.9. The van der Waals surface area contributed by atoms with Crippen molar-refractivity contribution < 1.29 is 14.7 Å². The lowest BCUT2D eigenvalue weighted by molar-refractivity contribution is -0.120. The van der Waals surface area contributed by atoms with E-state index in [-0.39, 0.29) is 17.4 Å². The van der Waals surface area contributed by atoms with Gasteiger partial charge in [-0.1, -0.05) is 26.7 Å². The van der Waals surface area contributed by atoms with Gasteiger partial charge in [-0.3, -0.25) is 4.79 Å². The Morgan fingerprint density at radius 3 is 2.60 bits per heavy atom. The summed E-state index contributed by atoms with van der Waals surface area (Å²) in [6, 6.07) is 5.00. The maximum absolute atomic E-state index is 12.2. The van der Waals surface area contributed by atoms with E-state index in [0.717, 1.165) is 29.3 Å². The zero-order valence-corrected chi connectivity index (χ0v) is 13.9. The molecule has 0 bridgehead atoms. The number of benzene rings is 1. The molecule has 1 aromatic carbocycles. The molecule has 0 aromatic heterocycles. The average molecular weight is 389 g/mol. The molecule has 1 unspecified atom stereocenters. The molecule has 0 aliphatic heterocycles. The van der Waals surface area contributed by atoms with Crippen molar-refractivity contribution in [3.63, 3.8) is 0 Å². The van der Waals surface area contributed by atoms with Crippen LogP contribution in [0.15, 0.2) is 18.2 Å². The second kappa shape index (κ2) is 8.24. The summed E-state index contributed by atoms with van der Waals surface area (Å²) >= 11 is 2.05. The molecule has 0 radical (unpaired) electrons. The Hall–Kier alpha value is -1.11. The first-order chi connectivity index (χ1) is 9.49. The van der Waals surface area contributed by atoms with Gasteiger partial charge in [-0.15, -0.1) is 0 Å². The summed E-state index contributed by atoms with van der Waals surface area (Å²) in [5.41, 5.74) is 0.508. The Bertz CT molecular complexity index is 488. The van der Waals surface area contributed by atoms with Gasteiger partial charge in [0.05, 0.1) is 11.3 Å². The minimum absolute atomic E-state index is 0.0594. The molecule has 2 N–H and O–H groups in total. The summed E-state index contributed by atoms with van der Waals surface area (Å²) < 4.78 is 0.830. The summed E-state index contributed by atoms with van der Waals surface area (Å²) in [6.45, 7) is 4.07. The van der Waals surface area contributed by atoms with Crippen molar-refractivity contribution >= 4 is 40.2 Å².